The molecule has 0 atom stereocenters. The fourth-order valence-corrected chi connectivity index (χ4v) is 2.97. The molecule has 2 aromatic rings. The molecule has 17 heavy (non-hydrogen) atoms. The van der Waals surface area contributed by atoms with Crippen LogP contribution in [0.4, 0.5) is 0 Å². The van der Waals surface area contributed by atoms with Crippen LogP contribution >= 0.6 is 11.8 Å². The largest absolute Gasteiger partial charge is 0.338 e. The fourth-order valence-electron chi connectivity index (χ4n) is 1.95. The highest BCUT2D eigenvalue weighted by Crippen LogP contribution is 2.32. The van der Waals surface area contributed by atoms with Crippen molar-refractivity contribution in [3.8, 4) is 11.4 Å². The number of nitrogens with two attached hydrogens (primary N) is 1. The monoisotopic (exact) mass is 247 g/mol. The number of thioether (sulfide) groups is 1. The molecule has 0 aliphatic carbocycles. The first kappa shape index (κ1) is 10.8. The van der Waals surface area contributed by atoms with Crippen molar-refractivity contribution in [2.45, 2.75) is 24.3 Å². The summed E-state index contributed by atoms with van der Waals surface area (Å²) in [7, 11) is 0. The zero-order chi connectivity index (χ0) is 11.7. The van der Waals surface area contributed by atoms with E-state index < -0.39 is 0 Å². The minimum atomic E-state index is 0.286. The van der Waals surface area contributed by atoms with Crippen LogP contribution in [0, 0.1) is 0 Å². The Morgan fingerprint density at radius 1 is 1.41 bits per heavy atom. The minimum Gasteiger partial charge on any atom is -0.338 e. The lowest BCUT2D eigenvalue weighted by Gasteiger charge is -2.15. The van der Waals surface area contributed by atoms with Crippen LogP contribution in [0.2, 0.25) is 0 Å². The van der Waals surface area contributed by atoms with Gasteiger partial charge in [0, 0.05) is 10.5 Å². The van der Waals surface area contributed by atoms with Gasteiger partial charge >= 0.3 is 0 Å². The fraction of sp³-hybridized carbons (Fsp3) is 0.333. The summed E-state index contributed by atoms with van der Waals surface area (Å²) >= 11 is 1.92. The van der Waals surface area contributed by atoms with E-state index >= 15 is 0 Å². The molecule has 2 heterocycles. The third-order valence-electron chi connectivity index (χ3n) is 2.81. The molecule has 1 aliphatic heterocycles. The summed E-state index contributed by atoms with van der Waals surface area (Å²) in [6, 6.07) is 6.35. The van der Waals surface area contributed by atoms with Crippen molar-refractivity contribution in [2.24, 2.45) is 5.73 Å². The van der Waals surface area contributed by atoms with E-state index in [1.165, 1.54) is 22.6 Å². The highest BCUT2D eigenvalue weighted by Gasteiger charge is 2.13. The second kappa shape index (κ2) is 4.50. The number of benzene rings is 1. The van der Waals surface area contributed by atoms with Crippen molar-refractivity contribution in [2.75, 3.05) is 5.75 Å². The number of hydrogen-bond acceptors (Lipinski definition) is 5. The molecular weight excluding hydrogens is 234 g/mol. The molecule has 0 unspecified atom stereocenters. The molecule has 0 amide bonds. The summed E-state index contributed by atoms with van der Waals surface area (Å²) in [5.41, 5.74) is 7.85. The molecule has 4 nitrogen and oxygen atoms in total. The Kier molecular flexibility index (Phi) is 2.86. The van der Waals surface area contributed by atoms with E-state index in [2.05, 4.69) is 22.3 Å². The Bertz CT molecular complexity index is 538. The Hall–Kier alpha value is -1.33. The van der Waals surface area contributed by atoms with E-state index in [-0.39, 0.29) is 6.54 Å². The average molecular weight is 247 g/mol. The molecular formula is C12H13N3OS. The van der Waals surface area contributed by atoms with Gasteiger partial charge in [-0.05, 0) is 42.4 Å². The maximum Gasteiger partial charge on any atom is 0.240 e. The summed E-state index contributed by atoms with van der Waals surface area (Å²) in [6.07, 6.45) is 2.37. The maximum atomic E-state index is 5.45. The van der Waals surface area contributed by atoms with E-state index in [9.17, 15) is 0 Å². The molecule has 0 spiro atoms. The lowest BCUT2D eigenvalue weighted by Crippen LogP contribution is -1.99. The Morgan fingerprint density at radius 3 is 3.18 bits per heavy atom. The molecule has 1 aliphatic rings. The van der Waals surface area contributed by atoms with Crippen molar-refractivity contribution < 1.29 is 4.52 Å². The molecule has 1 aromatic carbocycles. The van der Waals surface area contributed by atoms with E-state index in [0.717, 1.165) is 12.0 Å². The van der Waals surface area contributed by atoms with Gasteiger partial charge in [0.25, 0.3) is 0 Å². The van der Waals surface area contributed by atoms with Crippen LogP contribution in [0.3, 0.4) is 0 Å². The van der Waals surface area contributed by atoms with Crippen LogP contribution in [0.5, 0.6) is 0 Å². The molecule has 2 N–H and O–H groups in total. The van der Waals surface area contributed by atoms with E-state index in [1.807, 2.05) is 17.8 Å². The van der Waals surface area contributed by atoms with Gasteiger partial charge in [-0.1, -0.05) is 5.16 Å². The third-order valence-corrected chi connectivity index (χ3v) is 4.01. The molecule has 0 saturated heterocycles. The summed E-state index contributed by atoms with van der Waals surface area (Å²) in [5, 5.41) is 3.93. The minimum absolute atomic E-state index is 0.286. The number of hydrogen-bond donors (Lipinski definition) is 1. The summed E-state index contributed by atoms with van der Waals surface area (Å²) < 4.78 is 5.02. The van der Waals surface area contributed by atoms with Gasteiger partial charge in [0.15, 0.2) is 0 Å². The highest BCUT2D eigenvalue weighted by atomic mass is 32.2. The van der Waals surface area contributed by atoms with Crippen LogP contribution < -0.4 is 5.73 Å². The van der Waals surface area contributed by atoms with Gasteiger partial charge in [0.2, 0.25) is 11.7 Å². The second-order valence-corrected chi connectivity index (χ2v) is 5.13. The van der Waals surface area contributed by atoms with Gasteiger partial charge < -0.3 is 10.3 Å². The predicted octanol–water partition coefficient (Wildman–Crippen LogP) is 2.23. The molecule has 0 saturated carbocycles. The van der Waals surface area contributed by atoms with Gasteiger partial charge in [0.05, 0.1) is 6.54 Å². The van der Waals surface area contributed by atoms with Gasteiger partial charge in [-0.2, -0.15) is 4.98 Å². The van der Waals surface area contributed by atoms with Crippen molar-refractivity contribution in [1.29, 1.82) is 0 Å². The molecule has 0 bridgehead atoms. The van der Waals surface area contributed by atoms with Crippen LogP contribution in [-0.2, 0) is 13.0 Å². The lowest BCUT2D eigenvalue weighted by atomic mass is 10.1. The van der Waals surface area contributed by atoms with Crippen molar-refractivity contribution in [3.05, 3.63) is 29.7 Å². The summed E-state index contributed by atoms with van der Waals surface area (Å²) in [4.78, 5) is 5.62. The van der Waals surface area contributed by atoms with Crippen LogP contribution in [-0.4, -0.2) is 15.9 Å². The van der Waals surface area contributed by atoms with Crippen LogP contribution in [0.1, 0.15) is 17.9 Å². The van der Waals surface area contributed by atoms with E-state index in [1.54, 1.807) is 0 Å². The zero-order valence-corrected chi connectivity index (χ0v) is 10.2. The van der Waals surface area contributed by atoms with Gasteiger partial charge in [-0.15, -0.1) is 11.8 Å². The second-order valence-electron chi connectivity index (χ2n) is 3.99. The molecule has 5 heteroatoms. The molecule has 3 rings (SSSR count). The number of rotatable bonds is 2. The molecule has 0 fully saturated rings. The number of aromatic nitrogens is 2. The number of nitrogens with zero attached hydrogens (tertiary/aromatic N) is 2. The normalized spacial score (nSPS) is 14.6. The van der Waals surface area contributed by atoms with Crippen molar-refractivity contribution in [1.82, 2.24) is 10.1 Å². The predicted molar refractivity (Wildman–Crippen MR) is 66.7 cm³/mol. The quantitative estimate of drug-likeness (QED) is 0.881. The third kappa shape index (κ3) is 2.08. The van der Waals surface area contributed by atoms with Crippen LogP contribution in [0.25, 0.3) is 11.4 Å². The number of fused-ring (bicyclic) bond motifs is 1. The van der Waals surface area contributed by atoms with Gasteiger partial charge in [0.1, 0.15) is 0 Å². The SMILES string of the molecule is NCc1nc(-c2ccc3c(c2)CCCS3)no1. The Balaban J connectivity index is 1.97. The Labute approximate surface area is 104 Å². The average Bonchev–Trinajstić information content (AvgIpc) is 2.87. The first-order valence-electron chi connectivity index (χ1n) is 5.65. The van der Waals surface area contributed by atoms with Crippen LogP contribution in [0.15, 0.2) is 27.6 Å². The van der Waals surface area contributed by atoms with Gasteiger partial charge in [-0.3, -0.25) is 0 Å². The topological polar surface area (TPSA) is 64.9 Å². The molecule has 88 valence electrons. The van der Waals surface area contributed by atoms with Crippen molar-refractivity contribution in [3.63, 3.8) is 0 Å². The first-order valence-corrected chi connectivity index (χ1v) is 6.64. The van der Waals surface area contributed by atoms with Crippen molar-refractivity contribution >= 4 is 11.8 Å². The van der Waals surface area contributed by atoms with Gasteiger partial charge in [-0.25, -0.2) is 0 Å². The Morgan fingerprint density at radius 2 is 2.35 bits per heavy atom. The smallest absolute Gasteiger partial charge is 0.240 e. The number of aryl methyl sites for hydroxylation is 1. The van der Waals surface area contributed by atoms with E-state index in [0.29, 0.717) is 11.7 Å². The van der Waals surface area contributed by atoms with E-state index in [4.69, 9.17) is 10.3 Å². The molecule has 0 radical (unpaired) electrons. The molecule has 1 aromatic heterocycles. The zero-order valence-electron chi connectivity index (χ0n) is 9.35. The summed E-state index contributed by atoms with van der Waals surface area (Å²) in [5.74, 6) is 2.32. The highest BCUT2D eigenvalue weighted by molar-refractivity contribution is 7.99. The summed E-state index contributed by atoms with van der Waals surface area (Å²) in [6.45, 7) is 0.286. The lowest BCUT2D eigenvalue weighted by molar-refractivity contribution is 0.380. The maximum absolute atomic E-state index is 5.45. The standard InChI is InChI=1S/C12H13N3OS/c13-7-11-14-12(15-16-11)9-3-4-10-8(6-9)2-1-5-17-10/h3-4,6H,1-2,5,7,13H2. The first-order chi connectivity index (χ1) is 8.36.